The molecule has 0 aliphatic carbocycles. The Hall–Kier alpha value is -4.04. The van der Waals surface area contributed by atoms with Crippen molar-refractivity contribution in [3.05, 3.63) is 89.1 Å². The summed E-state index contributed by atoms with van der Waals surface area (Å²) in [4.78, 5) is 44.0. The maximum absolute atomic E-state index is 14.1. The van der Waals surface area contributed by atoms with Crippen molar-refractivity contribution in [2.24, 2.45) is 0 Å². The van der Waals surface area contributed by atoms with Gasteiger partial charge in [0.1, 0.15) is 12.4 Å². The van der Waals surface area contributed by atoms with Crippen LogP contribution in [0.2, 0.25) is 5.02 Å². The molecule has 0 fully saturated rings. The summed E-state index contributed by atoms with van der Waals surface area (Å²) in [6.45, 7) is 4.83. The molecule has 2 amide bonds. The number of aromatic nitrogens is 2. The predicted molar refractivity (Wildman–Crippen MR) is 145 cm³/mol. The maximum atomic E-state index is 14.1. The molecule has 0 bridgehead atoms. The van der Waals surface area contributed by atoms with E-state index in [2.05, 4.69) is 10.3 Å². The summed E-state index contributed by atoms with van der Waals surface area (Å²) < 4.78 is 15.9. The highest BCUT2D eigenvalue weighted by molar-refractivity contribution is 6.30. The zero-order valence-electron chi connectivity index (χ0n) is 21.4. The van der Waals surface area contributed by atoms with Gasteiger partial charge in [0.15, 0.2) is 5.78 Å². The predicted octanol–water partition coefficient (Wildman–Crippen LogP) is 5.25. The minimum atomic E-state index is -0.585. The van der Waals surface area contributed by atoms with Crippen molar-refractivity contribution in [2.45, 2.75) is 39.9 Å². The zero-order valence-corrected chi connectivity index (χ0v) is 22.1. The lowest BCUT2D eigenvalue weighted by molar-refractivity contribution is -0.138. The number of hydrogen-bond acceptors (Lipinski definition) is 4. The fourth-order valence-corrected chi connectivity index (χ4v) is 4.50. The molecule has 0 radical (unpaired) electrons. The SMILES string of the molecule is CC(=O)c1cn(CC(=O)N(CC(=O)NCc2cccc(Cl)c2F)C(C)C)c2ccc(-c3cccnc3)cc12. The van der Waals surface area contributed by atoms with Gasteiger partial charge in [-0.3, -0.25) is 19.4 Å². The fourth-order valence-electron chi connectivity index (χ4n) is 4.31. The number of hydrogen-bond donors (Lipinski definition) is 1. The molecule has 0 saturated carbocycles. The van der Waals surface area contributed by atoms with Crippen molar-refractivity contribution in [3.8, 4) is 11.1 Å². The molecule has 196 valence electrons. The quantitative estimate of drug-likeness (QED) is 0.297. The number of amides is 2. The van der Waals surface area contributed by atoms with E-state index in [9.17, 15) is 18.8 Å². The minimum absolute atomic E-state index is 0.0211. The van der Waals surface area contributed by atoms with Crippen molar-refractivity contribution < 1.29 is 18.8 Å². The minimum Gasteiger partial charge on any atom is -0.350 e. The molecule has 4 rings (SSSR count). The van der Waals surface area contributed by atoms with Crippen LogP contribution in [0.3, 0.4) is 0 Å². The van der Waals surface area contributed by atoms with Crippen LogP contribution >= 0.6 is 11.6 Å². The Morgan fingerprint density at radius 1 is 1.11 bits per heavy atom. The lowest BCUT2D eigenvalue weighted by atomic mass is 10.0. The van der Waals surface area contributed by atoms with E-state index >= 15 is 0 Å². The van der Waals surface area contributed by atoms with E-state index in [1.54, 1.807) is 29.2 Å². The van der Waals surface area contributed by atoms with E-state index < -0.39 is 11.7 Å². The zero-order chi connectivity index (χ0) is 27.4. The lowest BCUT2D eigenvalue weighted by Gasteiger charge is -2.26. The number of Topliss-reactive ketones (excluding diaryl/α,β-unsaturated/α-hetero) is 1. The second-order valence-corrected chi connectivity index (χ2v) is 9.71. The highest BCUT2D eigenvalue weighted by Crippen LogP contribution is 2.28. The molecule has 2 aromatic carbocycles. The molecule has 0 aliphatic rings. The van der Waals surface area contributed by atoms with Crippen LogP contribution in [0, 0.1) is 5.82 Å². The molecule has 38 heavy (non-hydrogen) atoms. The molecule has 0 spiro atoms. The Balaban J connectivity index is 1.52. The Bertz CT molecular complexity index is 1500. The molecule has 2 aromatic heterocycles. The molecule has 0 saturated heterocycles. The summed E-state index contributed by atoms with van der Waals surface area (Å²) in [6.07, 6.45) is 5.13. The van der Waals surface area contributed by atoms with Gasteiger partial charge < -0.3 is 14.8 Å². The van der Waals surface area contributed by atoms with Gasteiger partial charge in [-0.05, 0) is 50.6 Å². The second kappa shape index (κ2) is 11.6. The number of benzene rings is 2. The smallest absolute Gasteiger partial charge is 0.243 e. The third kappa shape index (κ3) is 5.92. The molecule has 2 heterocycles. The van der Waals surface area contributed by atoms with Gasteiger partial charge in [0, 0.05) is 58.8 Å². The first-order valence-electron chi connectivity index (χ1n) is 12.2. The van der Waals surface area contributed by atoms with Gasteiger partial charge in [-0.2, -0.15) is 0 Å². The van der Waals surface area contributed by atoms with Crippen molar-refractivity contribution in [1.29, 1.82) is 0 Å². The van der Waals surface area contributed by atoms with Crippen LogP contribution in [0.5, 0.6) is 0 Å². The van der Waals surface area contributed by atoms with Crippen LogP contribution in [0.25, 0.3) is 22.0 Å². The van der Waals surface area contributed by atoms with Crippen LogP contribution in [0.15, 0.2) is 67.1 Å². The monoisotopic (exact) mass is 534 g/mol. The van der Waals surface area contributed by atoms with Gasteiger partial charge in [0.2, 0.25) is 11.8 Å². The fraction of sp³-hybridized carbons (Fsp3) is 0.241. The number of rotatable bonds is 9. The van der Waals surface area contributed by atoms with E-state index in [1.807, 2.05) is 44.2 Å². The van der Waals surface area contributed by atoms with Gasteiger partial charge >= 0.3 is 0 Å². The highest BCUT2D eigenvalue weighted by atomic mass is 35.5. The molecular formula is C29H28ClFN4O3. The third-order valence-corrected chi connectivity index (χ3v) is 6.62. The summed E-state index contributed by atoms with van der Waals surface area (Å²) >= 11 is 5.81. The highest BCUT2D eigenvalue weighted by Gasteiger charge is 2.22. The third-order valence-electron chi connectivity index (χ3n) is 6.33. The Morgan fingerprint density at radius 3 is 2.58 bits per heavy atom. The first-order valence-corrected chi connectivity index (χ1v) is 12.6. The summed E-state index contributed by atoms with van der Waals surface area (Å²) in [7, 11) is 0. The number of carbonyl (C=O) groups is 3. The van der Waals surface area contributed by atoms with Gasteiger partial charge in [-0.15, -0.1) is 0 Å². The molecule has 0 atom stereocenters. The second-order valence-electron chi connectivity index (χ2n) is 9.31. The summed E-state index contributed by atoms with van der Waals surface area (Å²) in [5.74, 6) is -1.40. The van der Waals surface area contributed by atoms with Crippen LogP contribution in [0.4, 0.5) is 4.39 Å². The largest absolute Gasteiger partial charge is 0.350 e. The van der Waals surface area contributed by atoms with Crippen LogP contribution < -0.4 is 5.32 Å². The average molecular weight is 535 g/mol. The Labute approximate surface area is 225 Å². The molecular weight excluding hydrogens is 507 g/mol. The van der Waals surface area contributed by atoms with Crippen molar-refractivity contribution >= 4 is 40.1 Å². The van der Waals surface area contributed by atoms with Crippen molar-refractivity contribution in [3.63, 3.8) is 0 Å². The van der Waals surface area contributed by atoms with Gasteiger partial charge in [0.25, 0.3) is 0 Å². The van der Waals surface area contributed by atoms with Crippen molar-refractivity contribution in [1.82, 2.24) is 19.8 Å². The molecule has 0 unspecified atom stereocenters. The van der Waals surface area contributed by atoms with E-state index in [0.717, 1.165) is 22.0 Å². The topological polar surface area (TPSA) is 84.3 Å². The first kappa shape index (κ1) is 27.0. The summed E-state index contributed by atoms with van der Waals surface area (Å²) in [6, 6.07) is 13.8. The molecule has 0 aliphatic heterocycles. The number of pyridine rings is 1. The van der Waals surface area contributed by atoms with Crippen molar-refractivity contribution in [2.75, 3.05) is 6.54 Å². The van der Waals surface area contributed by atoms with E-state index in [4.69, 9.17) is 11.6 Å². The normalized spacial score (nSPS) is 11.1. The molecule has 9 heteroatoms. The van der Waals surface area contributed by atoms with E-state index in [1.165, 1.54) is 24.0 Å². The number of ketones is 1. The molecule has 1 N–H and O–H groups in total. The number of nitrogens with zero attached hydrogens (tertiary/aromatic N) is 3. The number of nitrogens with one attached hydrogen (secondary N) is 1. The van der Waals surface area contributed by atoms with Gasteiger partial charge in [-0.1, -0.05) is 35.9 Å². The number of fused-ring (bicyclic) bond motifs is 1. The molecule has 7 nitrogen and oxygen atoms in total. The lowest BCUT2D eigenvalue weighted by Crippen LogP contribution is -2.45. The van der Waals surface area contributed by atoms with Gasteiger partial charge in [-0.25, -0.2) is 4.39 Å². The Kier molecular flexibility index (Phi) is 8.22. The number of carbonyl (C=O) groups excluding carboxylic acids is 3. The van der Waals surface area contributed by atoms with E-state index in [-0.39, 0.29) is 48.0 Å². The summed E-state index contributed by atoms with van der Waals surface area (Å²) in [5, 5.41) is 3.37. The van der Waals surface area contributed by atoms with Gasteiger partial charge in [0.05, 0.1) is 11.6 Å². The first-order chi connectivity index (χ1) is 18.2. The standard InChI is InChI=1S/C29H28ClFN4O3/c1-18(2)35(16-27(37)33-14-22-6-4-8-25(30)29(22)31)28(38)17-34-15-24(19(3)36)23-12-20(9-10-26(23)34)21-7-5-11-32-13-21/h4-13,15,18H,14,16-17H2,1-3H3,(H,33,37). The molecule has 4 aromatic rings. The maximum Gasteiger partial charge on any atom is 0.243 e. The van der Waals surface area contributed by atoms with Crippen LogP contribution in [-0.2, 0) is 22.7 Å². The Morgan fingerprint density at radius 2 is 1.89 bits per heavy atom. The van der Waals surface area contributed by atoms with Crippen LogP contribution in [0.1, 0.15) is 36.7 Å². The summed E-state index contributed by atoms with van der Waals surface area (Å²) in [5.41, 5.74) is 3.34. The average Bonchev–Trinajstić information content (AvgIpc) is 3.26. The number of halogens is 2. The van der Waals surface area contributed by atoms with Crippen LogP contribution in [-0.4, -0.2) is 44.6 Å². The van der Waals surface area contributed by atoms with E-state index in [0.29, 0.717) is 5.56 Å².